The predicted octanol–water partition coefficient (Wildman–Crippen LogP) is 2.60. The quantitative estimate of drug-likeness (QED) is 0.889. The fourth-order valence-corrected chi connectivity index (χ4v) is 6.43. The van der Waals surface area contributed by atoms with E-state index >= 15 is 0 Å². The number of aliphatic hydroxyl groups is 1. The summed E-state index contributed by atoms with van der Waals surface area (Å²) in [5.41, 5.74) is 0. The molecule has 0 spiro atoms. The Kier molecular flexibility index (Phi) is 5.05. The van der Waals surface area contributed by atoms with Gasteiger partial charge in [-0.05, 0) is 54.1 Å². The number of rotatable bonds is 4. The largest absolute Gasteiger partial charge is 0.396 e. The Hall–Kier alpha value is 0.0500. The van der Waals surface area contributed by atoms with E-state index in [-0.39, 0.29) is 12.5 Å². The lowest BCUT2D eigenvalue weighted by Crippen LogP contribution is -2.40. The Balaban J connectivity index is 2.22. The molecule has 19 heavy (non-hydrogen) atoms. The summed E-state index contributed by atoms with van der Waals surface area (Å²) in [7, 11) is -3.39. The zero-order valence-corrected chi connectivity index (χ0v) is 14.0. The molecule has 2 rings (SSSR count). The second-order valence-corrected chi connectivity index (χ2v) is 9.40. The van der Waals surface area contributed by atoms with E-state index in [0.29, 0.717) is 24.4 Å². The van der Waals surface area contributed by atoms with E-state index in [4.69, 9.17) is 5.11 Å². The minimum absolute atomic E-state index is 0.127. The van der Waals surface area contributed by atoms with E-state index in [1.807, 2.05) is 6.92 Å². The summed E-state index contributed by atoms with van der Waals surface area (Å²) in [4.78, 5) is 1.23. The van der Waals surface area contributed by atoms with Gasteiger partial charge in [0.25, 0.3) is 0 Å². The molecule has 0 aliphatic carbocycles. The molecule has 0 saturated carbocycles. The number of aryl methyl sites for hydroxylation is 1. The molecule has 0 bridgehead atoms. The molecule has 1 unspecified atom stereocenters. The molecule has 1 aliphatic heterocycles. The smallest absolute Gasteiger partial charge is 0.244 e. The number of piperidine rings is 1. The summed E-state index contributed by atoms with van der Waals surface area (Å²) in [5.74, 6) is 0.274. The van der Waals surface area contributed by atoms with Gasteiger partial charge in [-0.3, -0.25) is 0 Å². The van der Waals surface area contributed by atoms with Crippen LogP contribution >= 0.6 is 27.3 Å². The summed E-state index contributed by atoms with van der Waals surface area (Å²) in [6.45, 7) is 3.06. The van der Waals surface area contributed by atoms with Crippen LogP contribution in [-0.2, 0) is 10.0 Å². The second-order valence-electron chi connectivity index (χ2n) is 4.85. The van der Waals surface area contributed by atoms with E-state index in [9.17, 15) is 8.42 Å². The molecule has 1 aromatic rings. The molecule has 1 N–H and O–H groups in total. The van der Waals surface area contributed by atoms with Crippen LogP contribution in [0.15, 0.2) is 14.7 Å². The van der Waals surface area contributed by atoms with Crippen molar-refractivity contribution in [1.29, 1.82) is 0 Å². The van der Waals surface area contributed by atoms with Crippen molar-refractivity contribution in [3.8, 4) is 0 Å². The van der Waals surface area contributed by atoms with Crippen LogP contribution in [0.5, 0.6) is 0 Å². The van der Waals surface area contributed by atoms with Crippen LogP contribution in [-0.4, -0.2) is 37.5 Å². The third-order valence-corrected chi connectivity index (χ3v) is 7.15. The average molecular weight is 368 g/mol. The van der Waals surface area contributed by atoms with Gasteiger partial charge < -0.3 is 5.11 Å². The van der Waals surface area contributed by atoms with E-state index in [1.54, 1.807) is 10.4 Å². The molecule has 1 fully saturated rings. The first kappa shape index (κ1) is 15.4. The number of aliphatic hydroxyl groups excluding tert-OH is 1. The second kappa shape index (κ2) is 6.22. The Morgan fingerprint density at radius 2 is 2.32 bits per heavy atom. The summed E-state index contributed by atoms with van der Waals surface area (Å²) in [5, 5.41) is 9.00. The number of sulfonamides is 1. The lowest BCUT2D eigenvalue weighted by molar-refractivity contribution is 0.203. The van der Waals surface area contributed by atoms with Crippen LogP contribution in [0.25, 0.3) is 0 Å². The molecule has 108 valence electrons. The maximum absolute atomic E-state index is 12.6. The van der Waals surface area contributed by atoms with Crippen molar-refractivity contribution in [2.45, 2.75) is 31.1 Å². The number of hydrogen-bond donors (Lipinski definition) is 1. The van der Waals surface area contributed by atoms with Gasteiger partial charge in [0.1, 0.15) is 0 Å². The van der Waals surface area contributed by atoms with Gasteiger partial charge in [0.05, 0.1) is 8.68 Å². The number of hydrogen-bond acceptors (Lipinski definition) is 4. The van der Waals surface area contributed by atoms with Crippen LogP contribution < -0.4 is 0 Å². The summed E-state index contributed by atoms with van der Waals surface area (Å²) >= 11 is 4.78. The Bertz CT molecular complexity index is 539. The van der Waals surface area contributed by atoms with E-state index in [2.05, 4.69) is 15.9 Å². The molecular weight excluding hydrogens is 350 g/mol. The Morgan fingerprint density at radius 1 is 1.58 bits per heavy atom. The van der Waals surface area contributed by atoms with Gasteiger partial charge in [-0.15, -0.1) is 11.3 Å². The molecule has 1 saturated heterocycles. The van der Waals surface area contributed by atoms with Crippen molar-refractivity contribution in [2.24, 2.45) is 5.92 Å². The molecule has 0 radical (unpaired) electrons. The van der Waals surface area contributed by atoms with Gasteiger partial charge >= 0.3 is 0 Å². The first-order valence-corrected chi connectivity index (χ1v) is 9.37. The maximum Gasteiger partial charge on any atom is 0.244 e. The fourth-order valence-electron chi connectivity index (χ4n) is 2.49. The zero-order chi connectivity index (χ0) is 14.0. The molecule has 0 amide bonds. The normalized spacial score (nSPS) is 21.7. The van der Waals surface area contributed by atoms with Gasteiger partial charge in [0, 0.05) is 24.6 Å². The number of thiophene rings is 1. The van der Waals surface area contributed by atoms with Gasteiger partial charge in [-0.2, -0.15) is 4.31 Å². The summed E-state index contributed by atoms with van der Waals surface area (Å²) in [6, 6.07) is 1.69. The molecule has 1 aromatic heterocycles. The predicted molar refractivity (Wildman–Crippen MR) is 79.9 cm³/mol. The molecule has 2 heterocycles. The maximum atomic E-state index is 12.6. The topological polar surface area (TPSA) is 57.6 Å². The minimum atomic E-state index is -3.39. The van der Waals surface area contributed by atoms with E-state index < -0.39 is 10.0 Å². The van der Waals surface area contributed by atoms with E-state index in [0.717, 1.165) is 21.5 Å². The SMILES string of the molecule is Cc1sc(Br)cc1S(=O)(=O)N1CCCC(CCO)C1. The van der Waals surface area contributed by atoms with Gasteiger partial charge in [-0.25, -0.2) is 8.42 Å². The average Bonchev–Trinajstić information content (AvgIpc) is 2.70. The molecule has 1 aliphatic rings. The highest BCUT2D eigenvalue weighted by molar-refractivity contribution is 9.11. The number of nitrogens with zero attached hydrogens (tertiary/aromatic N) is 1. The summed E-state index contributed by atoms with van der Waals surface area (Å²) in [6.07, 6.45) is 2.55. The van der Waals surface area contributed by atoms with Crippen LogP contribution in [0.1, 0.15) is 24.1 Å². The van der Waals surface area contributed by atoms with Crippen molar-refractivity contribution in [3.63, 3.8) is 0 Å². The molecule has 4 nitrogen and oxygen atoms in total. The zero-order valence-electron chi connectivity index (χ0n) is 10.8. The van der Waals surface area contributed by atoms with E-state index in [1.165, 1.54) is 11.3 Å². The Morgan fingerprint density at radius 3 is 2.89 bits per heavy atom. The molecule has 1 atom stereocenters. The van der Waals surface area contributed by atoms with Crippen molar-refractivity contribution >= 4 is 37.3 Å². The van der Waals surface area contributed by atoms with Crippen LogP contribution in [0.3, 0.4) is 0 Å². The van der Waals surface area contributed by atoms with Crippen LogP contribution in [0, 0.1) is 12.8 Å². The highest BCUT2D eigenvalue weighted by Crippen LogP contribution is 2.33. The van der Waals surface area contributed by atoms with Gasteiger partial charge in [-0.1, -0.05) is 0 Å². The Labute approximate surface area is 126 Å². The lowest BCUT2D eigenvalue weighted by Gasteiger charge is -2.31. The summed E-state index contributed by atoms with van der Waals surface area (Å²) < 4.78 is 27.6. The minimum Gasteiger partial charge on any atom is -0.396 e. The lowest BCUT2D eigenvalue weighted by atomic mass is 9.97. The van der Waals surface area contributed by atoms with Crippen molar-refractivity contribution in [1.82, 2.24) is 4.31 Å². The van der Waals surface area contributed by atoms with Gasteiger partial charge in [0.2, 0.25) is 10.0 Å². The molecular formula is C12H18BrNO3S2. The molecule has 0 aromatic carbocycles. The number of halogens is 1. The van der Waals surface area contributed by atoms with Crippen molar-refractivity contribution in [2.75, 3.05) is 19.7 Å². The van der Waals surface area contributed by atoms with Crippen molar-refractivity contribution < 1.29 is 13.5 Å². The van der Waals surface area contributed by atoms with Crippen LogP contribution in [0.4, 0.5) is 0 Å². The van der Waals surface area contributed by atoms with Crippen LogP contribution in [0.2, 0.25) is 0 Å². The van der Waals surface area contributed by atoms with Gasteiger partial charge in [0.15, 0.2) is 0 Å². The highest BCUT2D eigenvalue weighted by atomic mass is 79.9. The highest BCUT2D eigenvalue weighted by Gasteiger charge is 2.31. The monoisotopic (exact) mass is 367 g/mol. The standard InChI is InChI=1S/C12H18BrNO3S2/c1-9-11(7-12(13)18-9)19(16,17)14-5-2-3-10(8-14)4-6-15/h7,10,15H,2-6,8H2,1H3. The first-order chi connectivity index (χ1) is 8.95. The van der Waals surface area contributed by atoms with Crippen molar-refractivity contribution in [3.05, 3.63) is 14.7 Å². The molecule has 7 heteroatoms. The first-order valence-electron chi connectivity index (χ1n) is 6.32. The third-order valence-electron chi connectivity index (χ3n) is 3.48. The third kappa shape index (κ3) is 3.39. The fraction of sp³-hybridized carbons (Fsp3) is 0.667.